The van der Waals surface area contributed by atoms with Gasteiger partial charge in [-0.05, 0) is 43.7 Å². The van der Waals surface area contributed by atoms with Crippen molar-refractivity contribution in [2.75, 3.05) is 0 Å². The van der Waals surface area contributed by atoms with Crippen LogP contribution in [0.2, 0.25) is 5.02 Å². The number of aromatic nitrogens is 3. The van der Waals surface area contributed by atoms with Crippen LogP contribution in [0.3, 0.4) is 0 Å². The molecule has 1 aromatic heterocycles. The van der Waals surface area contributed by atoms with Gasteiger partial charge in [0.05, 0.1) is 5.25 Å². The first-order valence-electron chi connectivity index (χ1n) is 7.89. The van der Waals surface area contributed by atoms with Crippen molar-refractivity contribution in [1.29, 1.82) is 0 Å². The largest absolute Gasteiger partial charge is 0.305 e. The average molecular weight is 372 g/mol. The zero-order valence-corrected chi connectivity index (χ0v) is 15.8. The van der Waals surface area contributed by atoms with Gasteiger partial charge in [-0.15, -0.1) is 10.2 Å². The van der Waals surface area contributed by atoms with Crippen LogP contribution in [0.25, 0.3) is 11.4 Å². The molecular formula is C19H18ClN3OS. The van der Waals surface area contributed by atoms with E-state index in [1.54, 1.807) is 24.3 Å². The number of hydrogen-bond donors (Lipinski definition) is 0. The topological polar surface area (TPSA) is 47.8 Å². The average Bonchev–Trinajstić information content (AvgIpc) is 2.96. The highest BCUT2D eigenvalue weighted by Crippen LogP contribution is 2.28. The molecule has 3 rings (SSSR count). The van der Waals surface area contributed by atoms with E-state index in [1.807, 2.05) is 49.7 Å². The number of carbonyl (C=O) groups excluding carboxylic acids is 1. The molecule has 0 aliphatic heterocycles. The Hall–Kier alpha value is -2.11. The lowest BCUT2D eigenvalue weighted by Crippen LogP contribution is -2.14. The molecule has 0 fully saturated rings. The Labute approximate surface area is 156 Å². The second-order valence-electron chi connectivity index (χ2n) is 5.81. The molecule has 4 nitrogen and oxygen atoms in total. The first kappa shape index (κ1) is 17.7. The maximum absolute atomic E-state index is 12.6. The Morgan fingerprint density at radius 3 is 2.48 bits per heavy atom. The fourth-order valence-corrected chi connectivity index (χ4v) is 3.55. The summed E-state index contributed by atoms with van der Waals surface area (Å²) in [4.78, 5) is 12.6. The number of thioether (sulfide) groups is 1. The molecule has 0 N–H and O–H groups in total. The van der Waals surface area contributed by atoms with Crippen LogP contribution >= 0.6 is 23.4 Å². The van der Waals surface area contributed by atoms with Crippen LogP contribution in [0, 0.1) is 6.92 Å². The minimum Gasteiger partial charge on any atom is -0.305 e. The summed E-state index contributed by atoms with van der Waals surface area (Å²) in [5, 5.41) is 9.64. The van der Waals surface area contributed by atoms with Crippen molar-refractivity contribution < 1.29 is 4.79 Å². The summed E-state index contributed by atoms with van der Waals surface area (Å²) in [6.07, 6.45) is 0. The van der Waals surface area contributed by atoms with E-state index in [-0.39, 0.29) is 11.0 Å². The highest BCUT2D eigenvalue weighted by atomic mass is 35.5. The minimum absolute atomic E-state index is 0.0436. The van der Waals surface area contributed by atoms with Crippen molar-refractivity contribution in [2.24, 2.45) is 7.05 Å². The molecule has 0 aliphatic rings. The molecule has 0 saturated heterocycles. The van der Waals surface area contributed by atoms with Gasteiger partial charge in [0, 0.05) is 23.2 Å². The fourth-order valence-electron chi connectivity index (χ4n) is 2.54. The summed E-state index contributed by atoms with van der Waals surface area (Å²) < 4.78 is 1.93. The molecule has 0 aliphatic carbocycles. The third-order valence-corrected chi connectivity index (χ3v) is 5.39. The number of ketones is 1. The lowest BCUT2D eigenvalue weighted by atomic mass is 10.1. The Kier molecular flexibility index (Phi) is 5.25. The third-order valence-electron chi connectivity index (χ3n) is 4.00. The van der Waals surface area contributed by atoms with Crippen molar-refractivity contribution in [3.05, 3.63) is 64.7 Å². The molecule has 25 heavy (non-hydrogen) atoms. The minimum atomic E-state index is -0.270. The maximum atomic E-state index is 12.6. The molecule has 0 saturated carbocycles. The summed E-state index contributed by atoms with van der Waals surface area (Å²) in [5.41, 5.74) is 2.83. The van der Waals surface area contributed by atoms with Crippen LogP contribution in [0.1, 0.15) is 22.8 Å². The van der Waals surface area contributed by atoms with Crippen molar-refractivity contribution >= 4 is 29.1 Å². The zero-order chi connectivity index (χ0) is 18.0. The number of halogens is 1. The van der Waals surface area contributed by atoms with Gasteiger partial charge in [0.1, 0.15) is 0 Å². The van der Waals surface area contributed by atoms with Gasteiger partial charge in [0.25, 0.3) is 0 Å². The Morgan fingerprint density at radius 2 is 1.80 bits per heavy atom. The normalized spacial score (nSPS) is 12.2. The quantitative estimate of drug-likeness (QED) is 0.477. The predicted octanol–water partition coefficient (Wildman–Crippen LogP) is 4.81. The van der Waals surface area contributed by atoms with Gasteiger partial charge in [-0.2, -0.15) is 0 Å². The molecule has 0 bridgehead atoms. The molecule has 1 atom stereocenters. The standard InChI is InChI=1S/C19H18ClN3OS/c1-12-6-4-5-7-16(12)18-21-22-19(23(18)3)25-13(2)17(24)14-8-10-15(20)11-9-14/h4-11,13H,1-3H3/t13-/m1/s1. The lowest BCUT2D eigenvalue weighted by molar-refractivity contribution is 0.0994. The SMILES string of the molecule is Cc1ccccc1-c1nnc(S[C@H](C)C(=O)c2ccc(Cl)cc2)n1C. The Balaban J connectivity index is 1.81. The Morgan fingerprint density at radius 1 is 1.12 bits per heavy atom. The molecule has 0 amide bonds. The number of benzene rings is 2. The van der Waals surface area contributed by atoms with E-state index in [1.165, 1.54) is 11.8 Å². The number of rotatable bonds is 5. The van der Waals surface area contributed by atoms with E-state index in [0.29, 0.717) is 15.7 Å². The van der Waals surface area contributed by atoms with Gasteiger partial charge >= 0.3 is 0 Å². The van der Waals surface area contributed by atoms with Gasteiger partial charge in [-0.1, -0.05) is 47.6 Å². The molecular weight excluding hydrogens is 354 g/mol. The molecule has 6 heteroatoms. The van der Waals surface area contributed by atoms with Gasteiger partial charge in [-0.25, -0.2) is 0 Å². The van der Waals surface area contributed by atoms with E-state index in [4.69, 9.17) is 11.6 Å². The van der Waals surface area contributed by atoms with Crippen molar-refractivity contribution in [3.63, 3.8) is 0 Å². The molecule has 128 valence electrons. The summed E-state index contributed by atoms with van der Waals surface area (Å²) >= 11 is 7.29. The number of Topliss-reactive ketones (excluding diaryl/α,β-unsaturated/α-hetero) is 1. The van der Waals surface area contributed by atoms with Crippen LogP contribution in [0.15, 0.2) is 53.7 Å². The van der Waals surface area contributed by atoms with Crippen LogP contribution in [-0.4, -0.2) is 25.8 Å². The van der Waals surface area contributed by atoms with Gasteiger partial charge in [0.2, 0.25) is 0 Å². The number of nitrogens with zero attached hydrogens (tertiary/aromatic N) is 3. The van der Waals surface area contributed by atoms with Crippen LogP contribution in [0.4, 0.5) is 0 Å². The van der Waals surface area contributed by atoms with Gasteiger partial charge < -0.3 is 4.57 Å². The molecule has 3 aromatic rings. The fraction of sp³-hybridized carbons (Fsp3) is 0.211. The van der Waals surface area contributed by atoms with Crippen molar-refractivity contribution in [1.82, 2.24) is 14.8 Å². The second kappa shape index (κ2) is 7.42. The molecule has 0 unspecified atom stereocenters. The lowest BCUT2D eigenvalue weighted by Gasteiger charge is -2.10. The summed E-state index contributed by atoms with van der Waals surface area (Å²) in [6.45, 7) is 3.92. The first-order chi connectivity index (χ1) is 12.0. The molecule has 2 aromatic carbocycles. The summed E-state index contributed by atoms with van der Waals surface area (Å²) in [6, 6.07) is 15.0. The highest BCUT2D eigenvalue weighted by Gasteiger charge is 2.21. The highest BCUT2D eigenvalue weighted by molar-refractivity contribution is 8.00. The predicted molar refractivity (Wildman–Crippen MR) is 102 cm³/mol. The monoisotopic (exact) mass is 371 g/mol. The van der Waals surface area contributed by atoms with Crippen molar-refractivity contribution in [3.8, 4) is 11.4 Å². The summed E-state index contributed by atoms with van der Waals surface area (Å²) in [7, 11) is 1.92. The summed E-state index contributed by atoms with van der Waals surface area (Å²) in [5.74, 6) is 0.842. The van der Waals surface area contributed by atoms with E-state index in [9.17, 15) is 4.79 Å². The van der Waals surface area contributed by atoms with Gasteiger partial charge in [0.15, 0.2) is 16.8 Å². The van der Waals surface area contributed by atoms with Gasteiger partial charge in [-0.3, -0.25) is 4.79 Å². The van der Waals surface area contributed by atoms with Crippen LogP contribution < -0.4 is 0 Å². The zero-order valence-electron chi connectivity index (χ0n) is 14.2. The van der Waals surface area contributed by atoms with E-state index in [2.05, 4.69) is 10.2 Å². The smallest absolute Gasteiger partial charge is 0.191 e. The number of hydrogen-bond acceptors (Lipinski definition) is 4. The van der Waals surface area contributed by atoms with Crippen LogP contribution in [0.5, 0.6) is 0 Å². The van der Waals surface area contributed by atoms with Crippen LogP contribution in [-0.2, 0) is 7.05 Å². The third kappa shape index (κ3) is 3.78. The second-order valence-corrected chi connectivity index (χ2v) is 7.56. The van der Waals surface area contributed by atoms with E-state index in [0.717, 1.165) is 17.0 Å². The molecule has 1 heterocycles. The van der Waals surface area contributed by atoms with E-state index < -0.39 is 0 Å². The first-order valence-corrected chi connectivity index (χ1v) is 9.15. The Bertz CT molecular complexity index is 905. The van der Waals surface area contributed by atoms with E-state index >= 15 is 0 Å². The molecule has 0 spiro atoms. The number of carbonyl (C=O) groups is 1. The van der Waals surface area contributed by atoms with Crippen molar-refractivity contribution in [2.45, 2.75) is 24.3 Å². The maximum Gasteiger partial charge on any atom is 0.191 e. The molecule has 0 radical (unpaired) electrons. The number of aryl methyl sites for hydroxylation is 1.